The van der Waals surface area contributed by atoms with Crippen LogP contribution in [-0.4, -0.2) is 28.7 Å². The average molecular weight is 289 g/mol. The van der Waals surface area contributed by atoms with Crippen molar-refractivity contribution >= 4 is 21.9 Å². The van der Waals surface area contributed by atoms with E-state index >= 15 is 0 Å². The van der Waals surface area contributed by atoms with E-state index in [1.54, 1.807) is 13.3 Å². The molecule has 0 radical (unpaired) electrons. The molecule has 3 N–H and O–H groups in total. The number of hydrogen-bond donors (Lipinski definition) is 2. The maximum absolute atomic E-state index is 5.86. The van der Waals surface area contributed by atoms with Crippen LogP contribution in [0.3, 0.4) is 0 Å². The number of ether oxygens (including phenoxy) is 1. The van der Waals surface area contributed by atoms with Crippen molar-refractivity contribution in [3.05, 3.63) is 10.7 Å². The van der Waals surface area contributed by atoms with Crippen molar-refractivity contribution in [2.45, 2.75) is 32.4 Å². The molecule has 1 rings (SSSR count). The lowest BCUT2D eigenvalue weighted by Gasteiger charge is -2.30. The smallest absolute Gasteiger partial charge is 0.232 e. The molecule has 90 valence electrons. The van der Waals surface area contributed by atoms with Gasteiger partial charge in [-0.3, -0.25) is 0 Å². The van der Waals surface area contributed by atoms with Gasteiger partial charge in [0, 0.05) is 11.6 Å². The monoisotopic (exact) mass is 288 g/mol. The second-order valence-electron chi connectivity index (χ2n) is 4.19. The Morgan fingerprint density at radius 1 is 1.56 bits per heavy atom. The fourth-order valence-electron chi connectivity index (χ4n) is 0.957. The van der Waals surface area contributed by atoms with Crippen molar-refractivity contribution in [2.75, 3.05) is 12.4 Å². The minimum Gasteiger partial charge on any atom is -0.480 e. The maximum Gasteiger partial charge on any atom is 0.232 e. The molecule has 0 saturated heterocycles. The summed E-state index contributed by atoms with van der Waals surface area (Å²) in [6.07, 6.45) is 1.64. The maximum atomic E-state index is 5.86. The van der Waals surface area contributed by atoms with Crippen LogP contribution < -0.4 is 15.8 Å². The van der Waals surface area contributed by atoms with Gasteiger partial charge in [0.25, 0.3) is 0 Å². The number of rotatable bonds is 4. The fraction of sp³-hybridized carbons (Fsp3) is 0.600. The predicted molar refractivity (Wildman–Crippen MR) is 67.6 cm³/mol. The lowest BCUT2D eigenvalue weighted by Crippen LogP contribution is -2.47. The molecule has 1 unspecified atom stereocenters. The molecule has 1 aromatic rings. The molecule has 0 aliphatic rings. The molecule has 16 heavy (non-hydrogen) atoms. The lowest BCUT2D eigenvalue weighted by atomic mass is 9.97. The molecule has 0 aliphatic heterocycles. The summed E-state index contributed by atoms with van der Waals surface area (Å²) in [6.45, 7) is 5.92. The Morgan fingerprint density at radius 3 is 2.69 bits per heavy atom. The molecular formula is C10H17BrN4O. The van der Waals surface area contributed by atoms with E-state index in [0.29, 0.717) is 11.8 Å². The van der Waals surface area contributed by atoms with Gasteiger partial charge in [0.05, 0.1) is 17.8 Å². The highest BCUT2D eigenvalue weighted by atomic mass is 79.9. The molecular weight excluding hydrogens is 272 g/mol. The van der Waals surface area contributed by atoms with E-state index < -0.39 is 0 Å². The Balaban J connectivity index is 2.90. The minimum atomic E-state index is -0.279. The summed E-state index contributed by atoms with van der Waals surface area (Å²) in [5.41, 5.74) is 5.58. The van der Waals surface area contributed by atoms with Gasteiger partial charge in [-0.05, 0) is 36.7 Å². The number of nitrogens with zero attached hydrogens (tertiary/aromatic N) is 2. The van der Waals surface area contributed by atoms with Crippen molar-refractivity contribution in [3.63, 3.8) is 0 Å². The highest BCUT2D eigenvalue weighted by Gasteiger charge is 2.23. The first-order chi connectivity index (χ1) is 7.36. The second kappa shape index (κ2) is 4.97. The van der Waals surface area contributed by atoms with E-state index in [0.717, 1.165) is 4.47 Å². The second-order valence-corrected chi connectivity index (χ2v) is 5.04. The van der Waals surface area contributed by atoms with Gasteiger partial charge in [0.2, 0.25) is 11.8 Å². The van der Waals surface area contributed by atoms with Crippen molar-refractivity contribution in [1.29, 1.82) is 0 Å². The van der Waals surface area contributed by atoms with Crippen LogP contribution in [0.4, 0.5) is 5.95 Å². The zero-order valence-electron chi connectivity index (χ0n) is 9.91. The summed E-state index contributed by atoms with van der Waals surface area (Å²) >= 11 is 3.30. The van der Waals surface area contributed by atoms with E-state index in [1.165, 1.54) is 0 Å². The predicted octanol–water partition coefficient (Wildman–Crippen LogP) is 1.79. The third-order valence-electron chi connectivity index (χ3n) is 2.48. The SMILES string of the molecule is COc1nc(NC(C)(C)C(C)N)ncc1Br. The van der Waals surface area contributed by atoms with E-state index in [1.807, 2.05) is 20.8 Å². The summed E-state index contributed by atoms with van der Waals surface area (Å²) < 4.78 is 5.81. The van der Waals surface area contributed by atoms with Gasteiger partial charge in [0.15, 0.2) is 0 Å². The fourth-order valence-corrected chi connectivity index (χ4v) is 1.31. The van der Waals surface area contributed by atoms with Gasteiger partial charge in [-0.25, -0.2) is 4.98 Å². The molecule has 1 heterocycles. The zero-order chi connectivity index (χ0) is 12.3. The molecule has 1 atom stereocenters. The molecule has 0 aliphatic carbocycles. The number of halogens is 1. The van der Waals surface area contributed by atoms with Gasteiger partial charge in [-0.1, -0.05) is 0 Å². The van der Waals surface area contributed by atoms with Crippen molar-refractivity contribution in [2.24, 2.45) is 5.73 Å². The highest BCUT2D eigenvalue weighted by molar-refractivity contribution is 9.10. The molecule has 0 aromatic carbocycles. The van der Waals surface area contributed by atoms with E-state index in [2.05, 4.69) is 31.2 Å². The minimum absolute atomic E-state index is 0.0225. The number of methoxy groups -OCH3 is 1. The quantitative estimate of drug-likeness (QED) is 0.884. The Labute approximate surface area is 104 Å². The lowest BCUT2D eigenvalue weighted by molar-refractivity contribution is 0.393. The third kappa shape index (κ3) is 3.05. The number of nitrogens with one attached hydrogen (secondary N) is 1. The molecule has 0 saturated carbocycles. The van der Waals surface area contributed by atoms with Gasteiger partial charge in [-0.15, -0.1) is 0 Å². The van der Waals surface area contributed by atoms with Crippen LogP contribution in [0.25, 0.3) is 0 Å². The molecule has 0 fully saturated rings. The molecule has 5 nitrogen and oxygen atoms in total. The first kappa shape index (κ1) is 13.2. The van der Waals surface area contributed by atoms with Crippen LogP contribution in [0, 0.1) is 0 Å². The summed E-state index contributed by atoms with van der Waals surface area (Å²) in [7, 11) is 1.56. The first-order valence-electron chi connectivity index (χ1n) is 4.97. The topological polar surface area (TPSA) is 73.1 Å². The van der Waals surface area contributed by atoms with Gasteiger partial charge >= 0.3 is 0 Å². The van der Waals surface area contributed by atoms with Crippen LogP contribution in [0.15, 0.2) is 10.7 Å². The van der Waals surface area contributed by atoms with Crippen LogP contribution in [-0.2, 0) is 0 Å². The molecule has 0 bridgehead atoms. The van der Waals surface area contributed by atoms with Crippen LogP contribution in [0.1, 0.15) is 20.8 Å². The molecule has 0 spiro atoms. The van der Waals surface area contributed by atoms with Crippen LogP contribution >= 0.6 is 15.9 Å². The summed E-state index contributed by atoms with van der Waals surface area (Å²) in [6, 6.07) is -0.0225. The first-order valence-corrected chi connectivity index (χ1v) is 5.76. The average Bonchev–Trinajstić information content (AvgIpc) is 2.20. The van der Waals surface area contributed by atoms with Crippen molar-refractivity contribution < 1.29 is 4.74 Å². The van der Waals surface area contributed by atoms with E-state index in [-0.39, 0.29) is 11.6 Å². The normalized spacial score (nSPS) is 13.4. The number of nitrogens with two attached hydrogens (primary N) is 1. The van der Waals surface area contributed by atoms with Gasteiger partial charge in [-0.2, -0.15) is 4.98 Å². The Morgan fingerprint density at radius 2 is 2.19 bits per heavy atom. The van der Waals surface area contributed by atoms with Crippen LogP contribution in [0.5, 0.6) is 5.88 Å². The Kier molecular flexibility index (Phi) is 4.09. The Hall–Kier alpha value is -0.880. The largest absolute Gasteiger partial charge is 0.480 e. The molecule has 0 amide bonds. The number of aromatic nitrogens is 2. The summed E-state index contributed by atoms with van der Waals surface area (Å²) in [4.78, 5) is 8.36. The van der Waals surface area contributed by atoms with Crippen molar-refractivity contribution in [1.82, 2.24) is 9.97 Å². The zero-order valence-corrected chi connectivity index (χ0v) is 11.5. The van der Waals surface area contributed by atoms with Gasteiger partial charge in [0.1, 0.15) is 0 Å². The van der Waals surface area contributed by atoms with E-state index in [9.17, 15) is 0 Å². The number of anilines is 1. The molecule has 1 aromatic heterocycles. The van der Waals surface area contributed by atoms with Crippen molar-refractivity contribution in [3.8, 4) is 5.88 Å². The Bertz CT molecular complexity index is 368. The summed E-state index contributed by atoms with van der Waals surface area (Å²) in [5, 5.41) is 3.17. The van der Waals surface area contributed by atoms with Gasteiger partial charge < -0.3 is 15.8 Å². The molecule has 6 heteroatoms. The van der Waals surface area contributed by atoms with E-state index in [4.69, 9.17) is 10.5 Å². The third-order valence-corrected chi connectivity index (χ3v) is 3.02. The standard InChI is InChI=1S/C10H17BrN4O/c1-6(12)10(2,3)15-9-13-5-7(11)8(14-9)16-4/h5-6H,12H2,1-4H3,(H,13,14,15). The van der Waals surface area contributed by atoms with Crippen LogP contribution in [0.2, 0.25) is 0 Å². The highest BCUT2D eigenvalue weighted by Crippen LogP contribution is 2.23. The summed E-state index contributed by atoms with van der Waals surface area (Å²) in [5.74, 6) is 1.00. The number of hydrogen-bond acceptors (Lipinski definition) is 5.